The lowest BCUT2D eigenvalue weighted by Gasteiger charge is -2.13. The number of aromatic nitrogens is 1. The number of amides is 1. The molecule has 0 unspecified atom stereocenters. The van der Waals surface area contributed by atoms with Gasteiger partial charge < -0.3 is 14.8 Å². The van der Waals surface area contributed by atoms with Crippen molar-refractivity contribution in [2.45, 2.75) is 20.3 Å². The van der Waals surface area contributed by atoms with Crippen LogP contribution in [0.2, 0.25) is 5.02 Å². The Hall–Kier alpha value is -2.27. The van der Waals surface area contributed by atoms with Gasteiger partial charge in [0.15, 0.2) is 11.5 Å². The summed E-state index contributed by atoms with van der Waals surface area (Å²) in [4.78, 5) is 16.6. The standard InChI is InChI=1S/C17H19ClN2O3/c1-4-8-23-16-13(18)9-12(10-14(16)22-3)17(21)20-15-7-5-6-11(2)19-15/h5-7,9-10H,4,8H2,1-3H3,(H,19,20,21). The van der Waals surface area contributed by atoms with Crippen LogP contribution < -0.4 is 14.8 Å². The van der Waals surface area contributed by atoms with Crippen molar-refractivity contribution in [3.8, 4) is 11.5 Å². The minimum atomic E-state index is -0.314. The number of nitrogens with one attached hydrogen (secondary N) is 1. The van der Waals surface area contributed by atoms with Gasteiger partial charge in [-0.25, -0.2) is 4.98 Å². The maximum absolute atomic E-state index is 12.4. The van der Waals surface area contributed by atoms with Crippen LogP contribution in [0.3, 0.4) is 0 Å². The quantitative estimate of drug-likeness (QED) is 0.864. The van der Waals surface area contributed by atoms with Crippen molar-refractivity contribution in [3.63, 3.8) is 0 Å². The van der Waals surface area contributed by atoms with Gasteiger partial charge in [0.2, 0.25) is 0 Å². The third kappa shape index (κ3) is 4.36. The minimum Gasteiger partial charge on any atom is -0.493 e. The predicted octanol–water partition coefficient (Wildman–Crippen LogP) is 4.09. The lowest BCUT2D eigenvalue weighted by Crippen LogP contribution is -2.13. The van der Waals surface area contributed by atoms with Crippen LogP contribution in [0.5, 0.6) is 11.5 Å². The van der Waals surface area contributed by atoms with Gasteiger partial charge >= 0.3 is 0 Å². The fourth-order valence-corrected chi connectivity index (χ4v) is 2.26. The summed E-state index contributed by atoms with van der Waals surface area (Å²) in [5.41, 5.74) is 1.20. The van der Waals surface area contributed by atoms with Gasteiger partial charge in [0.05, 0.1) is 18.7 Å². The molecule has 0 spiro atoms. The van der Waals surface area contributed by atoms with Crippen LogP contribution in [0.15, 0.2) is 30.3 Å². The number of carbonyl (C=O) groups excluding carboxylic acids is 1. The van der Waals surface area contributed by atoms with Gasteiger partial charge in [-0.3, -0.25) is 4.79 Å². The average Bonchev–Trinajstić information content (AvgIpc) is 2.53. The van der Waals surface area contributed by atoms with E-state index in [0.717, 1.165) is 12.1 Å². The number of benzene rings is 1. The van der Waals surface area contributed by atoms with E-state index in [4.69, 9.17) is 21.1 Å². The largest absolute Gasteiger partial charge is 0.493 e. The second-order valence-corrected chi connectivity index (χ2v) is 5.36. The monoisotopic (exact) mass is 334 g/mol. The molecule has 5 nitrogen and oxygen atoms in total. The highest BCUT2D eigenvalue weighted by molar-refractivity contribution is 6.32. The number of nitrogens with zero attached hydrogens (tertiary/aromatic N) is 1. The van der Waals surface area contributed by atoms with Gasteiger partial charge in [0.1, 0.15) is 5.82 Å². The molecular weight excluding hydrogens is 316 g/mol. The van der Waals surface area contributed by atoms with E-state index >= 15 is 0 Å². The zero-order valence-electron chi connectivity index (χ0n) is 13.4. The number of rotatable bonds is 6. The lowest BCUT2D eigenvalue weighted by atomic mass is 10.2. The van der Waals surface area contributed by atoms with Gasteiger partial charge in [0, 0.05) is 11.3 Å². The Bertz CT molecular complexity index is 704. The molecule has 0 aliphatic rings. The molecule has 2 rings (SSSR count). The number of methoxy groups -OCH3 is 1. The molecule has 0 saturated heterocycles. The van der Waals surface area contributed by atoms with E-state index in [0.29, 0.717) is 34.5 Å². The van der Waals surface area contributed by atoms with Crippen LogP contribution in [0.25, 0.3) is 0 Å². The van der Waals surface area contributed by atoms with Crippen LogP contribution in [0.4, 0.5) is 5.82 Å². The normalized spacial score (nSPS) is 10.3. The summed E-state index contributed by atoms with van der Waals surface area (Å²) in [7, 11) is 1.51. The summed E-state index contributed by atoms with van der Waals surface area (Å²) < 4.78 is 10.9. The fourth-order valence-electron chi connectivity index (χ4n) is 2.00. The van der Waals surface area contributed by atoms with Crippen molar-refractivity contribution in [2.75, 3.05) is 19.0 Å². The van der Waals surface area contributed by atoms with Crippen LogP contribution >= 0.6 is 11.6 Å². The molecule has 1 N–H and O–H groups in total. The van der Waals surface area contributed by atoms with Crippen LogP contribution in [-0.2, 0) is 0 Å². The molecular formula is C17H19ClN2O3. The van der Waals surface area contributed by atoms with E-state index < -0.39 is 0 Å². The zero-order valence-corrected chi connectivity index (χ0v) is 14.1. The number of hydrogen-bond acceptors (Lipinski definition) is 4. The smallest absolute Gasteiger partial charge is 0.257 e. The van der Waals surface area contributed by atoms with Gasteiger partial charge in [0.25, 0.3) is 5.91 Å². The molecule has 1 heterocycles. The number of halogens is 1. The molecule has 0 aliphatic carbocycles. The van der Waals surface area contributed by atoms with E-state index in [9.17, 15) is 4.79 Å². The van der Waals surface area contributed by atoms with Crippen molar-refractivity contribution in [1.29, 1.82) is 0 Å². The molecule has 0 aliphatic heterocycles. The summed E-state index contributed by atoms with van der Waals surface area (Å²) in [6.45, 7) is 4.38. The number of pyridine rings is 1. The van der Waals surface area contributed by atoms with E-state index in [1.54, 1.807) is 18.2 Å². The fraction of sp³-hybridized carbons (Fsp3) is 0.294. The zero-order chi connectivity index (χ0) is 16.8. The van der Waals surface area contributed by atoms with Crippen molar-refractivity contribution in [1.82, 2.24) is 4.98 Å². The average molecular weight is 335 g/mol. The Balaban J connectivity index is 2.25. The number of carbonyl (C=O) groups is 1. The summed E-state index contributed by atoms with van der Waals surface area (Å²) >= 11 is 6.22. The van der Waals surface area contributed by atoms with Crippen LogP contribution in [0.1, 0.15) is 29.4 Å². The van der Waals surface area contributed by atoms with E-state index in [1.807, 2.05) is 26.0 Å². The molecule has 0 saturated carbocycles. The predicted molar refractivity (Wildman–Crippen MR) is 90.7 cm³/mol. The third-order valence-corrected chi connectivity index (χ3v) is 3.35. The van der Waals surface area contributed by atoms with E-state index in [-0.39, 0.29) is 5.91 Å². The van der Waals surface area contributed by atoms with Gasteiger partial charge in [-0.05, 0) is 37.6 Å². The topological polar surface area (TPSA) is 60.5 Å². The molecule has 122 valence electrons. The number of ether oxygens (including phenoxy) is 2. The Morgan fingerprint density at radius 3 is 2.78 bits per heavy atom. The highest BCUT2D eigenvalue weighted by atomic mass is 35.5. The number of hydrogen-bond donors (Lipinski definition) is 1. The maximum Gasteiger partial charge on any atom is 0.257 e. The first-order valence-corrected chi connectivity index (χ1v) is 7.68. The maximum atomic E-state index is 12.4. The Morgan fingerprint density at radius 1 is 1.35 bits per heavy atom. The molecule has 23 heavy (non-hydrogen) atoms. The van der Waals surface area contributed by atoms with Crippen molar-refractivity contribution < 1.29 is 14.3 Å². The first kappa shape index (κ1) is 17.1. The van der Waals surface area contributed by atoms with Crippen molar-refractivity contribution >= 4 is 23.3 Å². The molecule has 0 bridgehead atoms. The van der Waals surface area contributed by atoms with Crippen molar-refractivity contribution in [3.05, 3.63) is 46.6 Å². The highest BCUT2D eigenvalue weighted by Gasteiger charge is 2.16. The molecule has 0 radical (unpaired) electrons. The minimum absolute atomic E-state index is 0.314. The van der Waals surface area contributed by atoms with Gasteiger partial charge in [-0.2, -0.15) is 0 Å². The number of anilines is 1. The van der Waals surface area contributed by atoms with Gasteiger partial charge in [-0.15, -0.1) is 0 Å². The first-order valence-electron chi connectivity index (χ1n) is 7.30. The molecule has 0 fully saturated rings. The Labute approximate surface area is 140 Å². The Kier molecular flexibility index (Phi) is 5.82. The molecule has 1 amide bonds. The summed E-state index contributed by atoms with van der Waals surface area (Å²) in [6, 6.07) is 8.56. The lowest BCUT2D eigenvalue weighted by molar-refractivity contribution is 0.102. The van der Waals surface area contributed by atoms with Crippen LogP contribution in [0, 0.1) is 6.92 Å². The number of aryl methyl sites for hydroxylation is 1. The third-order valence-electron chi connectivity index (χ3n) is 3.07. The second kappa shape index (κ2) is 7.83. The highest BCUT2D eigenvalue weighted by Crippen LogP contribution is 2.36. The molecule has 2 aromatic rings. The SMILES string of the molecule is CCCOc1c(Cl)cc(C(=O)Nc2cccc(C)n2)cc1OC. The van der Waals surface area contributed by atoms with E-state index in [1.165, 1.54) is 7.11 Å². The molecule has 0 atom stereocenters. The summed E-state index contributed by atoms with van der Waals surface area (Å²) in [5, 5.41) is 3.07. The first-order chi connectivity index (χ1) is 11.0. The molecule has 1 aromatic carbocycles. The second-order valence-electron chi connectivity index (χ2n) is 4.96. The molecule has 6 heteroatoms. The van der Waals surface area contributed by atoms with Crippen LogP contribution in [-0.4, -0.2) is 24.6 Å². The summed E-state index contributed by atoms with van der Waals surface area (Å²) in [5.74, 6) is 1.04. The Morgan fingerprint density at radius 2 is 2.13 bits per heavy atom. The van der Waals surface area contributed by atoms with Gasteiger partial charge in [-0.1, -0.05) is 24.6 Å². The van der Waals surface area contributed by atoms with Crippen molar-refractivity contribution in [2.24, 2.45) is 0 Å². The molecule has 1 aromatic heterocycles. The summed E-state index contributed by atoms with van der Waals surface area (Å²) in [6.07, 6.45) is 0.848. The van der Waals surface area contributed by atoms with E-state index in [2.05, 4.69) is 10.3 Å².